The van der Waals surface area contributed by atoms with Crippen LogP contribution in [0.15, 0.2) is 30.3 Å². The third-order valence-corrected chi connectivity index (χ3v) is 4.68. The summed E-state index contributed by atoms with van der Waals surface area (Å²) in [5.74, 6) is -3.35. The summed E-state index contributed by atoms with van der Waals surface area (Å²) in [5.41, 5.74) is 0.770. The second kappa shape index (κ2) is 13.4. The van der Waals surface area contributed by atoms with Crippen molar-refractivity contribution in [3.05, 3.63) is 35.9 Å². The molecule has 0 saturated carbocycles. The number of rotatable bonds is 10. The monoisotopic (exact) mass is 495 g/mol. The number of hydrogen-bond acceptors (Lipinski definition) is 11. The quantitative estimate of drug-likeness (QED) is 0.354. The number of esters is 4. The average molecular weight is 495 g/mol. The van der Waals surface area contributed by atoms with Crippen LogP contribution < -0.4 is 5.32 Å². The van der Waals surface area contributed by atoms with E-state index in [0.717, 1.165) is 19.4 Å². The second-order valence-electron chi connectivity index (χ2n) is 7.68. The first kappa shape index (κ1) is 27.7. The third kappa shape index (κ3) is 9.33. The van der Waals surface area contributed by atoms with Gasteiger partial charge in [-0.25, -0.2) is 4.79 Å². The molecular formula is C23H29NO11. The highest BCUT2D eigenvalue weighted by Crippen LogP contribution is 2.28. The Morgan fingerprint density at radius 3 is 2.06 bits per heavy atom. The van der Waals surface area contributed by atoms with Crippen molar-refractivity contribution in [2.45, 2.75) is 64.9 Å². The molecule has 0 aliphatic carbocycles. The van der Waals surface area contributed by atoms with Crippen LogP contribution >= 0.6 is 0 Å². The van der Waals surface area contributed by atoms with Crippen molar-refractivity contribution < 1.29 is 52.4 Å². The highest BCUT2D eigenvalue weighted by Gasteiger charge is 2.51. The van der Waals surface area contributed by atoms with Gasteiger partial charge in [0, 0.05) is 27.7 Å². The molecule has 1 saturated heterocycles. The first-order chi connectivity index (χ1) is 16.6. The maximum Gasteiger partial charge on any atom is 0.332 e. The Hall–Kier alpha value is -3.51. The fourth-order valence-electron chi connectivity index (χ4n) is 3.36. The van der Waals surface area contributed by atoms with Crippen LogP contribution in [0.1, 0.15) is 33.3 Å². The molecule has 12 nitrogen and oxygen atoms in total. The highest BCUT2D eigenvalue weighted by molar-refractivity contribution is 5.74. The van der Waals surface area contributed by atoms with Crippen molar-refractivity contribution >= 4 is 29.8 Å². The van der Waals surface area contributed by atoms with Crippen LogP contribution in [0.5, 0.6) is 0 Å². The zero-order valence-electron chi connectivity index (χ0n) is 19.9. The van der Waals surface area contributed by atoms with Gasteiger partial charge < -0.3 is 33.7 Å². The molecule has 5 atom stereocenters. The van der Waals surface area contributed by atoms with Gasteiger partial charge in [-0.1, -0.05) is 30.3 Å². The molecule has 0 spiro atoms. The van der Waals surface area contributed by atoms with Gasteiger partial charge >= 0.3 is 23.9 Å². The Kier molecular flexibility index (Phi) is 10.6. The number of carbonyl (C=O) groups is 5. The van der Waals surface area contributed by atoms with Crippen molar-refractivity contribution in [3.8, 4) is 0 Å². The molecule has 1 heterocycles. The molecule has 0 unspecified atom stereocenters. The molecule has 1 fully saturated rings. The summed E-state index contributed by atoms with van der Waals surface area (Å²) in [5, 5.41) is 2.54. The SMILES string of the molecule is CC(=O)N[C@@H]1[C@H](OCC(=O)OCc2ccccc2)O[C@H](COC(C)=O)[C@@H](OC(C)=O)[C@@H]1OC(C)=O. The minimum absolute atomic E-state index is 0.0172. The lowest BCUT2D eigenvalue weighted by molar-refractivity contribution is -0.277. The second-order valence-corrected chi connectivity index (χ2v) is 7.68. The summed E-state index contributed by atoms with van der Waals surface area (Å²) in [6.45, 7) is 3.71. The molecule has 192 valence electrons. The zero-order chi connectivity index (χ0) is 26.0. The van der Waals surface area contributed by atoms with Gasteiger partial charge in [-0.3, -0.25) is 19.2 Å². The summed E-state index contributed by atoms with van der Waals surface area (Å²) >= 11 is 0. The topological polar surface area (TPSA) is 153 Å². The van der Waals surface area contributed by atoms with Crippen LogP contribution in [0.3, 0.4) is 0 Å². The maximum atomic E-state index is 12.2. The summed E-state index contributed by atoms with van der Waals surface area (Å²) in [7, 11) is 0. The molecule has 0 radical (unpaired) electrons. The van der Waals surface area contributed by atoms with Crippen LogP contribution in [-0.4, -0.2) is 73.6 Å². The Balaban J connectivity index is 2.21. The van der Waals surface area contributed by atoms with Gasteiger partial charge in [-0.05, 0) is 5.56 Å². The molecule has 1 aliphatic rings. The minimum Gasteiger partial charge on any atom is -0.463 e. The standard InChI is InChI=1S/C23H29NO11/c1-13(25)24-20-22(34-16(4)28)21(33-15(3)27)18(11-30-14(2)26)35-23(20)32-12-19(29)31-10-17-8-6-5-7-9-17/h5-9,18,20-23H,10-12H2,1-4H3,(H,24,25)/t18-,20+,21-,22-,23-/m1/s1. The summed E-state index contributed by atoms with van der Waals surface area (Å²) in [6.07, 6.45) is -5.01. The number of nitrogens with one attached hydrogen (secondary N) is 1. The largest absolute Gasteiger partial charge is 0.463 e. The summed E-state index contributed by atoms with van der Waals surface area (Å²) in [6, 6.07) is 7.81. The lowest BCUT2D eigenvalue weighted by atomic mass is 9.96. The van der Waals surface area contributed by atoms with Crippen LogP contribution in [0, 0.1) is 0 Å². The molecule has 1 aliphatic heterocycles. The Bertz CT molecular complexity index is 904. The molecule has 1 aromatic carbocycles. The number of benzene rings is 1. The van der Waals surface area contributed by atoms with E-state index in [1.807, 2.05) is 6.07 Å². The van der Waals surface area contributed by atoms with E-state index in [1.165, 1.54) is 13.8 Å². The average Bonchev–Trinajstić information content (AvgIpc) is 2.78. The molecule has 12 heteroatoms. The lowest BCUT2D eigenvalue weighted by Crippen LogP contribution is -2.66. The number of carbonyl (C=O) groups excluding carboxylic acids is 5. The Labute approximate surface area is 202 Å². The Morgan fingerprint density at radius 2 is 1.49 bits per heavy atom. The predicted molar refractivity (Wildman–Crippen MR) is 116 cm³/mol. The maximum absolute atomic E-state index is 12.2. The predicted octanol–water partition coefficient (Wildman–Crippen LogP) is 0.403. The summed E-state index contributed by atoms with van der Waals surface area (Å²) in [4.78, 5) is 59.0. The van der Waals surface area contributed by atoms with E-state index >= 15 is 0 Å². The van der Waals surface area contributed by atoms with E-state index < -0.39 is 67.0 Å². The number of amides is 1. The zero-order valence-corrected chi connectivity index (χ0v) is 19.9. The van der Waals surface area contributed by atoms with E-state index in [4.69, 9.17) is 28.4 Å². The molecule has 0 aromatic heterocycles. The van der Waals surface area contributed by atoms with Crippen molar-refractivity contribution in [3.63, 3.8) is 0 Å². The molecule has 35 heavy (non-hydrogen) atoms. The van der Waals surface area contributed by atoms with Crippen molar-refractivity contribution in [2.75, 3.05) is 13.2 Å². The molecule has 0 bridgehead atoms. The van der Waals surface area contributed by atoms with Crippen LogP contribution in [0.2, 0.25) is 0 Å². The fourth-order valence-corrected chi connectivity index (χ4v) is 3.36. The number of ether oxygens (including phenoxy) is 6. The fraction of sp³-hybridized carbons (Fsp3) is 0.522. The van der Waals surface area contributed by atoms with E-state index in [9.17, 15) is 24.0 Å². The first-order valence-corrected chi connectivity index (χ1v) is 10.8. The normalized spacial score (nSPS) is 23.5. The van der Waals surface area contributed by atoms with Gasteiger partial charge in [0.25, 0.3) is 0 Å². The molecule has 2 rings (SSSR count). The number of hydrogen-bond donors (Lipinski definition) is 1. The van der Waals surface area contributed by atoms with Gasteiger partial charge in [-0.15, -0.1) is 0 Å². The van der Waals surface area contributed by atoms with E-state index in [1.54, 1.807) is 24.3 Å². The van der Waals surface area contributed by atoms with E-state index in [-0.39, 0.29) is 13.2 Å². The minimum atomic E-state index is -1.35. The van der Waals surface area contributed by atoms with Gasteiger partial charge in [0.15, 0.2) is 18.5 Å². The summed E-state index contributed by atoms with van der Waals surface area (Å²) < 4.78 is 32.2. The van der Waals surface area contributed by atoms with E-state index in [2.05, 4.69) is 5.32 Å². The van der Waals surface area contributed by atoms with Gasteiger partial charge in [0.05, 0.1) is 0 Å². The molecule has 1 amide bonds. The Morgan fingerprint density at radius 1 is 0.857 bits per heavy atom. The van der Waals surface area contributed by atoms with E-state index in [0.29, 0.717) is 0 Å². The molecular weight excluding hydrogens is 466 g/mol. The van der Waals surface area contributed by atoms with Crippen molar-refractivity contribution in [1.82, 2.24) is 5.32 Å². The van der Waals surface area contributed by atoms with Gasteiger partial charge in [0.1, 0.15) is 32.0 Å². The van der Waals surface area contributed by atoms with Crippen molar-refractivity contribution in [2.24, 2.45) is 0 Å². The van der Waals surface area contributed by atoms with Crippen LogP contribution in [0.4, 0.5) is 0 Å². The van der Waals surface area contributed by atoms with Crippen LogP contribution in [-0.2, 0) is 59.0 Å². The highest BCUT2D eigenvalue weighted by atomic mass is 16.7. The van der Waals surface area contributed by atoms with Crippen LogP contribution in [0.25, 0.3) is 0 Å². The lowest BCUT2D eigenvalue weighted by Gasteiger charge is -2.44. The van der Waals surface area contributed by atoms with Gasteiger partial charge in [-0.2, -0.15) is 0 Å². The smallest absolute Gasteiger partial charge is 0.332 e. The van der Waals surface area contributed by atoms with Gasteiger partial charge in [0.2, 0.25) is 5.91 Å². The molecule has 1 N–H and O–H groups in total. The van der Waals surface area contributed by atoms with Crippen molar-refractivity contribution in [1.29, 1.82) is 0 Å². The molecule has 1 aromatic rings. The first-order valence-electron chi connectivity index (χ1n) is 10.8. The third-order valence-electron chi connectivity index (χ3n) is 4.68.